The Balaban J connectivity index is 1.28. The van der Waals surface area contributed by atoms with E-state index in [-0.39, 0.29) is 11.3 Å². The maximum absolute atomic E-state index is 13.0. The zero-order chi connectivity index (χ0) is 27.8. The molecule has 0 bridgehead atoms. The van der Waals surface area contributed by atoms with E-state index < -0.39 is 42.7 Å². The lowest BCUT2D eigenvalue weighted by molar-refractivity contribution is -0.0440. The highest BCUT2D eigenvalue weighted by Gasteiger charge is 2.46. The molecule has 6 N–H and O–H groups in total. The van der Waals surface area contributed by atoms with Crippen molar-refractivity contribution in [2.24, 2.45) is 0 Å². The molecule has 0 spiro atoms. The Labute approximate surface area is 227 Å². The summed E-state index contributed by atoms with van der Waals surface area (Å²) in [6.45, 7) is 0.00714. The highest BCUT2D eigenvalue weighted by molar-refractivity contribution is 5.95. The van der Waals surface area contributed by atoms with Gasteiger partial charge in [0.1, 0.15) is 24.6 Å². The predicted octanol–water partition coefficient (Wildman–Crippen LogP) is 2.05. The van der Waals surface area contributed by atoms with Crippen LogP contribution in [-0.4, -0.2) is 70.7 Å². The Kier molecular flexibility index (Phi) is 6.64. The Bertz CT molecular complexity index is 1700. The van der Waals surface area contributed by atoms with Crippen molar-refractivity contribution in [2.45, 2.75) is 31.0 Å². The minimum atomic E-state index is -1.26. The summed E-state index contributed by atoms with van der Waals surface area (Å²) in [6, 6.07) is 16.8. The molecule has 3 heterocycles. The summed E-state index contributed by atoms with van der Waals surface area (Å²) >= 11 is 0. The third-order valence-electron chi connectivity index (χ3n) is 7.04. The minimum absolute atomic E-state index is 0.0615. The van der Waals surface area contributed by atoms with Gasteiger partial charge in [0.15, 0.2) is 34.7 Å². The second-order valence-electron chi connectivity index (χ2n) is 9.48. The molecule has 1 amide bonds. The lowest BCUT2D eigenvalue weighted by Gasteiger charge is -2.23. The molecule has 1 saturated heterocycles. The molecule has 0 radical (unpaired) electrons. The number of carbonyl (C=O) groups is 1. The first kappa shape index (κ1) is 25.5. The molecule has 12 heteroatoms. The second-order valence-corrected chi connectivity index (χ2v) is 9.48. The summed E-state index contributed by atoms with van der Waals surface area (Å²) in [5.41, 5.74) is 2.00. The summed E-state index contributed by atoms with van der Waals surface area (Å²) in [7, 11) is 0. The number of fused-ring (bicyclic) bond motifs is 2. The molecule has 6 rings (SSSR count). The van der Waals surface area contributed by atoms with E-state index >= 15 is 0 Å². The molecule has 12 nitrogen and oxygen atoms in total. The number of aromatic nitrogens is 4. The lowest BCUT2D eigenvalue weighted by Crippen LogP contribution is -2.46. The molecule has 0 saturated carbocycles. The van der Waals surface area contributed by atoms with E-state index in [1.54, 1.807) is 4.57 Å². The largest absolute Gasteiger partial charge is 0.504 e. The lowest BCUT2D eigenvalue weighted by atomic mass is 10.0. The van der Waals surface area contributed by atoms with Gasteiger partial charge in [-0.25, -0.2) is 15.0 Å². The Morgan fingerprint density at radius 1 is 1.00 bits per heavy atom. The van der Waals surface area contributed by atoms with E-state index in [9.17, 15) is 25.2 Å². The van der Waals surface area contributed by atoms with Gasteiger partial charge in [-0.15, -0.1) is 0 Å². The highest BCUT2D eigenvalue weighted by atomic mass is 16.5. The van der Waals surface area contributed by atoms with Crippen molar-refractivity contribution in [1.82, 2.24) is 24.8 Å². The molecule has 5 aromatic rings. The van der Waals surface area contributed by atoms with E-state index in [0.717, 1.165) is 22.4 Å². The van der Waals surface area contributed by atoms with Crippen molar-refractivity contribution >= 4 is 33.7 Å². The summed E-state index contributed by atoms with van der Waals surface area (Å²) in [5, 5.41) is 48.3. The van der Waals surface area contributed by atoms with Gasteiger partial charge in [0, 0.05) is 12.1 Å². The van der Waals surface area contributed by atoms with Crippen LogP contribution in [0, 0.1) is 0 Å². The summed E-state index contributed by atoms with van der Waals surface area (Å²) in [5.74, 6) is -0.952. The molecular weight excluding hydrogens is 516 g/mol. The average Bonchev–Trinajstić information content (AvgIpc) is 3.54. The number of amides is 1. The highest BCUT2D eigenvalue weighted by Crippen LogP contribution is 2.33. The van der Waals surface area contributed by atoms with Crippen LogP contribution in [0.15, 0.2) is 73.3 Å². The van der Waals surface area contributed by atoms with Crippen LogP contribution in [0.4, 0.5) is 5.82 Å². The van der Waals surface area contributed by atoms with Gasteiger partial charge >= 0.3 is 0 Å². The predicted molar refractivity (Wildman–Crippen MR) is 145 cm³/mol. The normalized spacial score (nSPS) is 20.6. The standard InChI is InChI=1S/C28H26N6O6/c35-12-21-24(38)22(33-27(39)16-8-9-19(36)20(37)10-16)28(40-21)34-14-32-23-25(30-13-31-26(23)34)29-11-17-6-3-5-15-4-1-2-7-18(15)17/h1-10,13-14,21-22,24,28,35-38H,11-12H2,(H,33,39)(H,29,30,31)/t21-,22-,24-,28-/m1/s1. The van der Waals surface area contributed by atoms with Gasteiger partial charge in [0.25, 0.3) is 5.91 Å². The molecule has 3 aromatic carbocycles. The SMILES string of the molecule is O=C(N[C@@H]1[C@H](O)[C@@H](CO)O[C@H]1n1cnc2c(NCc3cccc4ccccc34)ncnc21)c1ccc(O)c(O)c1. The zero-order valence-corrected chi connectivity index (χ0v) is 21.0. The summed E-state index contributed by atoms with van der Waals surface area (Å²) < 4.78 is 7.49. The molecule has 4 atom stereocenters. The topological polar surface area (TPSA) is 175 Å². The number of ether oxygens (including phenoxy) is 1. The number of rotatable bonds is 7. The van der Waals surface area contributed by atoms with E-state index in [0.29, 0.717) is 23.5 Å². The van der Waals surface area contributed by atoms with Crippen molar-refractivity contribution in [3.63, 3.8) is 0 Å². The number of anilines is 1. The number of hydrogen-bond acceptors (Lipinski definition) is 10. The van der Waals surface area contributed by atoms with Crippen LogP contribution in [-0.2, 0) is 11.3 Å². The van der Waals surface area contributed by atoms with Gasteiger partial charge in [-0.2, -0.15) is 0 Å². The second kappa shape index (κ2) is 10.4. The van der Waals surface area contributed by atoms with Crippen LogP contribution in [0.5, 0.6) is 11.5 Å². The number of imidazole rings is 1. The van der Waals surface area contributed by atoms with Crippen LogP contribution < -0.4 is 10.6 Å². The molecule has 204 valence electrons. The smallest absolute Gasteiger partial charge is 0.251 e. The van der Waals surface area contributed by atoms with Gasteiger partial charge in [0.2, 0.25) is 0 Å². The summed E-state index contributed by atoms with van der Waals surface area (Å²) in [6.07, 6.45) is -0.342. The average molecular weight is 543 g/mol. The first-order valence-corrected chi connectivity index (χ1v) is 12.6. The molecule has 2 aromatic heterocycles. The monoisotopic (exact) mass is 542 g/mol. The first-order valence-electron chi connectivity index (χ1n) is 12.6. The van der Waals surface area contributed by atoms with Crippen molar-refractivity contribution in [3.8, 4) is 11.5 Å². The number of phenols is 2. The number of benzene rings is 3. The molecule has 1 aliphatic rings. The quantitative estimate of drug-likeness (QED) is 0.167. The molecule has 40 heavy (non-hydrogen) atoms. The molecule has 1 fully saturated rings. The molecule has 0 unspecified atom stereocenters. The number of nitrogens with one attached hydrogen (secondary N) is 2. The maximum Gasteiger partial charge on any atom is 0.251 e. The fourth-order valence-electron chi connectivity index (χ4n) is 4.98. The molecule has 0 aliphatic carbocycles. The third-order valence-corrected chi connectivity index (χ3v) is 7.04. The van der Waals surface area contributed by atoms with Gasteiger partial charge in [-0.3, -0.25) is 9.36 Å². The van der Waals surface area contributed by atoms with Gasteiger partial charge in [-0.1, -0.05) is 42.5 Å². The van der Waals surface area contributed by atoms with Gasteiger partial charge < -0.3 is 35.8 Å². The number of aliphatic hydroxyl groups is 2. The fraction of sp³-hybridized carbons (Fsp3) is 0.214. The number of phenolic OH excluding ortho intramolecular Hbond substituents is 2. The fourth-order valence-corrected chi connectivity index (χ4v) is 4.98. The Morgan fingerprint density at radius 3 is 2.65 bits per heavy atom. The zero-order valence-electron chi connectivity index (χ0n) is 21.0. The third kappa shape index (κ3) is 4.53. The Hall–Kier alpha value is -4.78. The number of carbonyl (C=O) groups excluding carboxylic acids is 1. The van der Waals surface area contributed by atoms with Crippen LogP contribution in [0.2, 0.25) is 0 Å². The molecule has 1 aliphatic heterocycles. The van der Waals surface area contributed by atoms with Gasteiger partial charge in [-0.05, 0) is 34.5 Å². The Morgan fingerprint density at radius 2 is 1.82 bits per heavy atom. The van der Waals surface area contributed by atoms with E-state index in [4.69, 9.17) is 4.74 Å². The van der Waals surface area contributed by atoms with E-state index in [2.05, 4.69) is 43.8 Å². The van der Waals surface area contributed by atoms with Crippen molar-refractivity contribution in [1.29, 1.82) is 0 Å². The van der Waals surface area contributed by atoms with Crippen LogP contribution in [0.25, 0.3) is 21.9 Å². The van der Waals surface area contributed by atoms with Crippen molar-refractivity contribution in [2.75, 3.05) is 11.9 Å². The molecular formula is C28H26N6O6. The first-order chi connectivity index (χ1) is 19.4. The van der Waals surface area contributed by atoms with Gasteiger partial charge in [0.05, 0.1) is 12.9 Å². The van der Waals surface area contributed by atoms with E-state index in [1.807, 2.05) is 24.3 Å². The van der Waals surface area contributed by atoms with Crippen LogP contribution in [0.1, 0.15) is 22.1 Å². The van der Waals surface area contributed by atoms with Crippen LogP contribution in [0.3, 0.4) is 0 Å². The number of nitrogens with zero attached hydrogens (tertiary/aromatic N) is 4. The summed E-state index contributed by atoms with van der Waals surface area (Å²) in [4.78, 5) is 26.2. The maximum atomic E-state index is 13.0. The number of aliphatic hydroxyl groups excluding tert-OH is 2. The minimum Gasteiger partial charge on any atom is -0.504 e. The van der Waals surface area contributed by atoms with Crippen molar-refractivity contribution < 1.29 is 30.0 Å². The van der Waals surface area contributed by atoms with E-state index in [1.165, 1.54) is 24.8 Å². The van der Waals surface area contributed by atoms with Crippen molar-refractivity contribution in [3.05, 3.63) is 84.4 Å². The number of hydrogen-bond donors (Lipinski definition) is 6. The van der Waals surface area contributed by atoms with Crippen LogP contribution >= 0.6 is 0 Å². The number of aromatic hydroxyl groups is 2.